The molecule has 2 aromatic heterocycles. The third kappa shape index (κ3) is 2.17. The number of nitrogens with zero attached hydrogens (tertiary/aromatic N) is 3. The molecule has 0 aliphatic heterocycles. The van der Waals surface area contributed by atoms with Gasteiger partial charge in [-0.15, -0.1) is 0 Å². The van der Waals surface area contributed by atoms with Crippen molar-refractivity contribution in [1.82, 2.24) is 14.8 Å². The molecule has 3 N–H and O–H groups in total. The third-order valence-electron chi connectivity index (χ3n) is 1.95. The van der Waals surface area contributed by atoms with Crippen molar-refractivity contribution in [3.63, 3.8) is 0 Å². The smallest absolute Gasteiger partial charge is 0.220 e. The Morgan fingerprint density at radius 1 is 1.56 bits per heavy atom. The third-order valence-corrected chi connectivity index (χ3v) is 1.95. The lowest BCUT2D eigenvalue weighted by molar-refractivity contribution is 0.462. The van der Waals surface area contributed by atoms with Crippen molar-refractivity contribution in [3.05, 3.63) is 36.3 Å². The zero-order chi connectivity index (χ0) is 11.5. The quantitative estimate of drug-likeness (QED) is 0.590. The van der Waals surface area contributed by atoms with Crippen LogP contribution in [0.5, 0.6) is 11.6 Å². The van der Waals surface area contributed by atoms with E-state index in [4.69, 9.17) is 15.9 Å². The van der Waals surface area contributed by atoms with Gasteiger partial charge in [0.2, 0.25) is 5.88 Å². The van der Waals surface area contributed by atoms with Crippen LogP contribution < -0.4 is 10.5 Å². The number of rotatable bonds is 3. The summed E-state index contributed by atoms with van der Waals surface area (Å²) in [5, 5.41) is 11.3. The van der Waals surface area contributed by atoms with Gasteiger partial charge in [0.15, 0.2) is 5.75 Å². The second kappa shape index (κ2) is 4.01. The van der Waals surface area contributed by atoms with Gasteiger partial charge in [0.05, 0.1) is 12.4 Å². The maximum absolute atomic E-state index is 7.29. The number of aromatic nitrogens is 3. The van der Waals surface area contributed by atoms with E-state index in [-0.39, 0.29) is 5.84 Å². The Morgan fingerprint density at radius 2 is 2.38 bits per heavy atom. The molecule has 0 unspecified atom stereocenters. The molecule has 0 fully saturated rings. The van der Waals surface area contributed by atoms with Crippen LogP contribution in [0, 0.1) is 5.41 Å². The molecule has 0 aliphatic carbocycles. The van der Waals surface area contributed by atoms with Crippen LogP contribution in [0.2, 0.25) is 0 Å². The number of ether oxygens (including phenoxy) is 1. The van der Waals surface area contributed by atoms with Gasteiger partial charge in [-0.1, -0.05) is 0 Å². The maximum Gasteiger partial charge on any atom is 0.220 e. The second-order valence-corrected chi connectivity index (χ2v) is 3.25. The molecule has 6 heteroatoms. The molecule has 82 valence electrons. The fourth-order valence-electron chi connectivity index (χ4n) is 1.21. The second-order valence-electron chi connectivity index (χ2n) is 3.25. The van der Waals surface area contributed by atoms with E-state index in [0.29, 0.717) is 17.2 Å². The Balaban J connectivity index is 2.21. The molecule has 2 aromatic rings. The van der Waals surface area contributed by atoms with Crippen LogP contribution >= 0.6 is 0 Å². The summed E-state index contributed by atoms with van der Waals surface area (Å²) in [7, 11) is 1.80. The van der Waals surface area contributed by atoms with Crippen LogP contribution in [0.4, 0.5) is 0 Å². The predicted molar refractivity (Wildman–Crippen MR) is 58.5 cm³/mol. The molecule has 0 atom stereocenters. The molecule has 16 heavy (non-hydrogen) atoms. The van der Waals surface area contributed by atoms with Gasteiger partial charge in [0.25, 0.3) is 0 Å². The Bertz CT molecular complexity index is 519. The fraction of sp³-hybridized carbons (Fsp3) is 0.100. The van der Waals surface area contributed by atoms with Crippen LogP contribution in [-0.2, 0) is 7.05 Å². The summed E-state index contributed by atoms with van der Waals surface area (Å²) in [4.78, 5) is 4.01. The molecule has 2 rings (SSSR count). The van der Waals surface area contributed by atoms with Crippen molar-refractivity contribution in [1.29, 1.82) is 5.41 Å². The topological polar surface area (TPSA) is 89.8 Å². The molecule has 0 bridgehead atoms. The minimum Gasteiger partial charge on any atom is -0.436 e. The number of nitrogens with two attached hydrogens (primary N) is 1. The molecule has 0 aliphatic rings. The van der Waals surface area contributed by atoms with Gasteiger partial charge in [0, 0.05) is 24.9 Å². The molecule has 6 nitrogen and oxygen atoms in total. The summed E-state index contributed by atoms with van der Waals surface area (Å²) in [5.74, 6) is 0.967. The van der Waals surface area contributed by atoms with E-state index in [0.717, 1.165) is 0 Å². The number of pyridine rings is 1. The molecule has 0 aromatic carbocycles. The summed E-state index contributed by atoms with van der Waals surface area (Å²) in [6, 6.07) is 3.26. The van der Waals surface area contributed by atoms with Gasteiger partial charge in [-0.2, -0.15) is 5.10 Å². The largest absolute Gasteiger partial charge is 0.436 e. The summed E-state index contributed by atoms with van der Waals surface area (Å²) in [6.45, 7) is 0. The lowest BCUT2D eigenvalue weighted by Gasteiger charge is -2.03. The van der Waals surface area contributed by atoms with Gasteiger partial charge < -0.3 is 10.5 Å². The zero-order valence-corrected chi connectivity index (χ0v) is 8.71. The Kier molecular flexibility index (Phi) is 2.55. The normalized spacial score (nSPS) is 10.1. The van der Waals surface area contributed by atoms with Crippen LogP contribution in [0.15, 0.2) is 30.7 Å². The average molecular weight is 217 g/mol. The lowest BCUT2D eigenvalue weighted by atomic mass is 10.2. The van der Waals surface area contributed by atoms with Gasteiger partial charge in [-0.25, -0.2) is 4.98 Å². The first-order valence-electron chi connectivity index (χ1n) is 4.62. The molecule has 0 spiro atoms. The number of hydrogen-bond donors (Lipinski definition) is 2. The lowest BCUT2D eigenvalue weighted by Crippen LogP contribution is -2.10. The summed E-state index contributed by atoms with van der Waals surface area (Å²) in [6.07, 6.45) is 4.85. The number of hydrogen-bond acceptors (Lipinski definition) is 4. The molecular formula is C10H11N5O. The highest BCUT2D eigenvalue weighted by Gasteiger charge is 2.03. The van der Waals surface area contributed by atoms with E-state index in [1.165, 1.54) is 0 Å². The minimum absolute atomic E-state index is 0.0153. The van der Waals surface area contributed by atoms with E-state index in [1.807, 2.05) is 0 Å². The molecule has 0 saturated carbocycles. The SMILES string of the molecule is Cn1cc(Oc2cc(C(=N)N)ccn2)cn1. The van der Waals surface area contributed by atoms with E-state index < -0.39 is 0 Å². The van der Waals surface area contributed by atoms with E-state index >= 15 is 0 Å². The summed E-state index contributed by atoms with van der Waals surface area (Å²) >= 11 is 0. The molecule has 0 amide bonds. The molecule has 0 saturated heterocycles. The molecular weight excluding hydrogens is 206 g/mol. The van der Waals surface area contributed by atoms with Gasteiger partial charge >= 0.3 is 0 Å². The van der Waals surface area contributed by atoms with E-state index in [1.54, 1.807) is 42.5 Å². The first kappa shape index (κ1) is 10.2. The standard InChI is InChI=1S/C10H11N5O/c1-15-6-8(5-14-15)16-9-4-7(10(11)12)2-3-13-9/h2-6H,1H3,(H3,11,12). The highest BCUT2D eigenvalue weighted by molar-refractivity contribution is 5.95. The van der Waals surface area contributed by atoms with Gasteiger partial charge in [-0.05, 0) is 6.07 Å². The van der Waals surface area contributed by atoms with Gasteiger partial charge in [0.1, 0.15) is 5.84 Å². The number of nitrogen functional groups attached to an aromatic ring is 1. The summed E-state index contributed by atoms with van der Waals surface area (Å²) < 4.78 is 7.07. The van der Waals surface area contributed by atoms with Crippen LogP contribution in [0.1, 0.15) is 5.56 Å². The highest BCUT2D eigenvalue weighted by atomic mass is 16.5. The minimum atomic E-state index is -0.0153. The van der Waals surface area contributed by atoms with Crippen molar-refractivity contribution in [3.8, 4) is 11.6 Å². The highest BCUT2D eigenvalue weighted by Crippen LogP contribution is 2.18. The fourth-order valence-corrected chi connectivity index (χ4v) is 1.21. The molecule has 0 radical (unpaired) electrons. The first-order valence-corrected chi connectivity index (χ1v) is 4.62. The average Bonchev–Trinajstić information content (AvgIpc) is 2.64. The van der Waals surface area contributed by atoms with Crippen molar-refractivity contribution in [2.75, 3.05) is 0 Å². The van der Waals surface area contributed by atoms with Crippen LogP contribution in [0.25, 0.3) is 0 Å². The predicted octanol–water partition coefficient (Wildman–Crippen LogP) is 0.891. The first-order chi connectivity index (χ1) is 7.65. The van der Waals surface area contributed by atoms with Crippen molar-refractivity contribution in [2.45, 2.75) is 0 Å². The van der Waals surface area contributed by atoms with Crippen molar-refractivity contribution >= 4 is 5.84 Å². The zero-order valence-electron chi connectivity index (χ0n) is 8.71. The number of aryl methyl sites for hydroxylation is 1. The number of nitrogens with one attached hydrogen (secondary N) is 1. The monoisotopic (exact) mass is 217 g/mol. The molecule has 2 heterocycles. The van der Waals surface area contributed by atoms with E-state index in [2.05, 4.69) is 10.1 Å². The Hall–Kier alpha value is -2.37. The van der Waals surface area contributed by atoms with Crippen molar-refractivity contribution in [2.24, 2.45) is 12.8 Å². The van der Waals surface area contributed by atoms with Crippen LogP contribution in [0.3, 0.4) is 0 Å². The van der Waals surface area contributed by atoms with Gasteiger partial charge in [-0.3, -0.25) is 10.1 Å². The van der Waals surface area contributed by atoms with E-state index in [9.17, 15) is 0 Å². The van der Waals surface area contributed by atoms with Crippen molar-refractivity contribution < 1.29 is 4.74 Å². The maximum atomic E-state index is 7.29. The van der Waals surface area contributed by atoms with Crippen LogP contribution in [-0.4, -0.2) is 20.6 Å². The number of amidine groups is 1. The summed E-state index contributed by atoms with van der Waals surface area (Å²) in [5.41, 5.74) is 5.94. The Labute approximate surface area is 92.2 Å². The Morgan fingerprint density at radius 3 is 3.00 bits per heavy atom.